The standard InChI is InChI=1S/C20H26N2O4S/c1-5-26-18-12-11-17(13-19(18)27(24,25)22-14(2)3)20(23)21-15(4)16-9-7-6-8-10-16/h6-15,22H,5H2,1-4H3,(H,21,23)/t15-/m1/s1. The van der Waals surface area contributed by atoms with Gasteiger partial charge < -0.3 is 10.1 Å². The number of rotatable bonds is 8. The van der Waals surface area contributed by atoms with Crippen LogP contribution in [0.1, 0.15) is 49.7 Å². The number of benzene rings is 2. The molecule has 2 N–H and O–H groups in total. The first-order valence-electron chi connectivity index (χ1n) is 8.89. The normalized spacial score (nSPS) is 12.6. The Labute approximate surface area is 161 Å². The van der Waals surface area contributed by atoms with Gasteiger partial charge in [-0.2, -0.15) is 0 Å². The van der Waals surface area contributed by atoms with Gasteiger partial charge >= 0.3 is 0 Å². The minimum Gasteiger partial charge on any atom is -0.492 e. The number of nitrogens with one attached hydrogen (secondary N) is 2. The predicted molar refractivity (Wildman–Crippen MR) is 105 cm³/mol. The molecule has 0 aliphatic rings. The van der Waals surface area contributed by atoms with Crippen LogP contribution in [0.25, 0.3) is 0 Å². The summed E-state index contributed by atoms with van der Waals surface area (Å²) >= 11 is 0. The van der Waals surface area contributed by atoms with Crippen LogP contribution in [0.3, 0.4) is 0 Å². The Balaban J connectivity index is 2.32. The fraction of sp³-hybridized carbons (Fsp3) is 0.350. The molecule has 2 aromatic rings. The number of carbonyl (C=O) groups excluding carboxylic acids is 1. The second-order valence-corrected chi connectivity index (χ2v) is 8.16. The minimum atomic E-state index is -3.80. The molecule has 2 rings (SSSR count). The molecule has 146 valence electrons. The first-order chi connectivity index (χ1) is 12.7. The van der Waals surface area contributed by atoms with Gasteiger partial charge in [0.05, 0.1) is 12.6 Å². The monoisotopic (exact) mass is 390 g/mol. The summed E-state index contributed by atoms with van der Waals surface area (Å²) in [6.45, 7) is 7.43. The molecule has 2 aromatic carbocycles. The quantitative estimate of drug-likeness (QED) is 0.725. The van der Waals surface area contributed by atoms with E-state index in [1.165, 1.54) is 12.1 Å². The fourth-order valence-corrected chi connectivity index (χ4v) is 4.03. The molecule has 0 saturated heterocycles. The third-order valence-electron chi connectivity index (χ3n) is 3.83. The van der Waals surface area contributed by atoms with Crippen molar-refractivity contribution in [1.82, 2.24) is 10.0 Å². The molecular formula is C20H26N2O4S. The van der Waals surface area contributed by atoms with Crippen LogP contribution in [-0.4, -0.2) is 27.0 Å². The zero-order valence-corrected chi connectivity index (χ0v) is 16.8. The third kappa shape index (κ3) is 5.55. The molecule has 0 heterocycles. The van der Waals surface area contributed by atoms with Crippen molar-refractivity contribution in [3.8, 4) is 5.75 Å². The Morgan fingerprint density at radius 2 is 1.74 bits per heavy atom. The van der Waals surface area contributed by atoms with E-state index in [1.54, 1.807) is 26.8 Å². The van der Waals surface area contributed by atoms with Crippen LogP contribution in [-0.2, 0) is 10.0 Å². The van der Waals surface area contributed by atoms with Gasteiger partial charge in [-0.25, -0.2) is 13.1 Å². The largest absolute Gasteiger partial charge is 0.492 e. The van der Waals surface area contributed by atoms with E-state index in [0.29, 0.717) is 6.61 Å². The predicted octanol–water partition coefficient (Wildman–Crippen LogP) is 3.26. The van der Waals surface area contributed by atoms with Gasteiger partial charge in [-0.15, -0.1) is 0 Å². The highest BCUT2D eigenvalue weighted by Crippen LogP contribution is 2.26. The molecule has 0 aliphatic carbocycles. The molecule has 0 fully saturated rings. The van der Waals surface area contributed by atoms with E-state index < -0.39 is 10.0 Å². The molecule has 27 heavy (non-hydrogen) atoms. The summed E-state index contributed by atoms with van der Waals surface area (Å²) in [6.07, 6.45) is 0. The molecular weight excluding hydrogens is 364 g/mol. The van der Waals surface area contributed by atoms with Crippen LogP contribution in [0.15, 0.2) is 53.4 Å². The SMILES string of the molecule is CCOc1ccc(C(=O)N[C@H](C)c2ccccc2)cc1S(=O)(=O)NC(C)C. The zero-order valence-electron chi connectivity index (χ0n) is 16.0. The molecule has 6 nitrogen and oxygen atoms in total. The van der Waals surface area contributed by atoms with Gasteiger partial charge in [0, 0.05) is 11.6 Å². The van der Waals surface area contributed by atoms with E-state index in [0.717, 1.165) is 5.56 Å². The van der Waals surface area contributed by atoms with E-state index >= 15 is 0 Å². The lowest BCUT2D eigenvalue weighted by Gasteiger charge is -2.17. The minimum absolute atomic E-state index is 0.0435. The van der Waals surface area contributed by atoms with E-state index in [-0.39, 0.29) is 34.2 Å². The van der Waals surface area contributed by atoms with E-state index in [1.807, 2.05) is 37.3 Å². The van der Waals surface area contributed by atoms with Gasteiger partial charge in [-0.05, 0) is 51.5 Å². The maximum absolute atomic E-state index is 12.6. The maximum Gasteiger partial charge on any atom is 0.251 e. The summed E-state index contributed by atoms with van der Waals surface area (Å²) in [5, 5.41) is 2.89. The summed E-state index contributed by atoms with van der Waals surface area (Å²) in [7, 11) is -3.80. The first kappa shape index (κ1) is 20.9. The number of amides is 1. The van der Waals surface area contributed by atoms with Crippen LogP contribution in [0.2, 0.25) is 0 Å². The highest BCUT2D eigenvalue weighted by molar-refractivity contribution is 7.89. The average Bonchev–Trinajstić information content (AvgIpc) is 2.61. The third-order valence-corrected chi connectivity index (χ3v) is 5.51. The number of carbonyl (C=O) groups is 1. The molecule has 0 spiro atoms. The van der Waals surface area contributed by atoms with Crippen LogP contribution < -0.4 is 14.8 Å². The second-order valence-electron chi connectivity index (χ2n) is 6.48. The number of hydrogen-bond donors (Lipinski definition) is 2. The maximum atomic E-state index is 12.6. The molecule has 1 atom stereocenters. The van der Waals surface area contributed by atoms with Gasteiger partial charge in [-0.1, -0.05) is 30.3 Å². The van der Waals surface area contributed by atoms with Gasteiger partial charge in [-0.3, -0.25) is 4.79 Å². The van der Waals surface area contributed by atoms with E-state index in [9.17, 15) is 13.2 Å². The Kier molecular flexibility index (Phi) is 6.98. The Bertz CT molecular complexity index is 880. The summed E-state index contributed by atoms with van der Waals surface area (Å²) in [5.74, 6) is -0.131. The van der Waals surface area contributed by atoms with Crippen molar-refractivity contribution >= 4 is 15.9 Å². The fourth-order valence-electron chi connectivity index (χ4n) is 2.61. The lowest BCUT2D eigenvalue weighted by molar-refractivity contribution is 0.0939. The lowest BCUT2D eigenvalue weighted by Crippen LogP contribution is -2.31. The van der Waals surface area contributed by atoms with E-state index in [2.05, 4.69) is 10.0 Å². The highest BCUT2D eigenvalue weighted by atomic mass is 32.2. The summed E-state index contributed by atoms with van der Waals surface area (Å²) in [4.78, 5) is 12.6. The van der Waals surface area contributed by atoms with Crippen LogP contribution in [0.4, 0.5) is 0 Å². The average molecular weight is 391 g/mol. The van der Waals surface area contributed by atoms with Crippen LogP contribution >= 0.6 is 0 Å². The Morgan fingerprint density at radius 3 is 2.33 bits per heavy atom. The van der Waals surface area contributed by atoms with E-state index in [4.69, 9.17) is 4.74 Å². The van der Waals surface area contributed by atoms with Crippen molar-refractivity contribution < 1.29 is 17.9 Å². The van der Waals surface area contributed by atoms with Crippen molar-refractivity contribution in [3.63, 3.8) is 0 Å². The molecule has 0 unspecified atom stereocenters. The smallest absolute Gasteiger partial charge is 0.251 e. The van der Waals surface area contributed by atoms with Gasteiger partial charge in [0.1, 0.15) is 10.6 Å². The van der Waals surface area contributed by atoms with Crippen LogP contribution in [0, 0.1) is 0 Å². The first-order valence-corrected chi connectivity index (χ1v) is 10.4. The number of ether oxygens (including phenoxy) is 1. The molecule has 0 bridgehead atoms. The summed E-state index contributed by atoms with van der Waals surface area (Å²) < 4.78 is 33.2. The summed E-state index contributed by atoms with van der Waals surface area (Å²) in [5.41, 5.74) is 1.22. The van der Waals surface area contributed by atoms with Crippen molar-refractivity contribution in [2.75, 3.05) is 6.61 Å². The van der Waals surface area contributed by atoms with Gasteiger partial charge in [0.2, 0.25) is 10.0 Å². The van der Waals surface area contributed by atoms with Crippen molar-refractivity contribution in [2.45, 2.75) is 44.7 Å². The van der Waals surface area contributed by atoms with Crippen LogP contribution in [0.5, 0.6) is 5.75 Å². The Morgan fingerprint density at radius 1 is 1.07 bits per heavy atom. The Hall–Kier alpha value is -2.38. The van der Waals surface area contributed by atoms with Crippen molar-refractivity contribution in [2.24, 2.45) is 0 Å². The lowest BCUT2D eigenvalue weighted by atomic mass is 10.1. The van der Waals surface area contributed by atoms with Crippen molar-refractivity contribution in [3.05, 3.63) is 59.7 Å². The van der Waals surface area contributed by atoms with Gasteiger partial charge in [0.15, 0.2) is 0 Å². The number of hydrogen-bond acceptors (Lipinski definition) is 4. The zero-order chi connectivity index (χ0) is 20.0. The topological polar surface area (TPSA) is 84.5 Å². The van der Waals surface area contributed by atoms with Crippen molar-refractivity contribution in [1.29, 1.82) is 0 Å². The highest BCUT2D eigenvalue weighted by Gasteiger charge is 2.23. The molecule has 0 aliphatic heterocycles. The molecule has 7 heteroatoms. The number of sulfonamides is 1. The molecule has 0 aromatic heterocycles. The second kappa shape index (κ2) is 9.01. The molecule has 0 radical (unpaired) electrons. The molecule has 1 amide bonds. The molecule has 0 saturated carbocycles. The summed E-state index contributed by atoms with van der Waals surface area (Å²) in [6, 6.07) is 13.5. The van der Waals surface area contributed by atoms with Gasteiger partial charge in [0.25, 0.3) is 5.91 Å².